The van der Waals surface area contributed by atoms with Crippen molar-refractivity contribution >= 4 is 63.4 Å². The summed E-state index contributed by atoms with van der Waals surface area (Å²) in [5.74, 6) is -0.392. The number of rotatable bonds is 4. The van der Waals surface area contributed by atoms with E-state index in [0.717, 1.165) is 11.3 Å². The normalized spacial score (nSPS) is 11.1. The summed E-state index contributed by atoms with van der Waals surface area (Å²) in [6, 6.07) is 3.17. The molecule has 1 aromatic carbocycles. The van der Waals surface area contributed by atoms with Gasteiger partial charge in [0.05, 0.1) is 27.0 Å². The van der Waals surface area contributed by atoms with Crippen molar-refractivity contribution in [1.29, 1.82) is 0 Å². The van der Waals surface area contributed by atoms with Crippen molar-refractivity contribution in [2.75, 3.05) is 5.73 Å². The molecule has 0 bridgehead atoms. The van der Waals surface area contributed by atoms with Crippen molar-refractivity contribution < 1.29 is 4.79 Å². The first kappa shape index (κ1) is 17.0. The molecule has 22 heavy (non-hydrogen) atoms. The molecule has 0 atom stereocenters. The van der Waals surface area contributed by atoms with Crippen molar-refractivity contribution in [2.24, 2.45) is 5.10 Å². The van der Waals surface area contributed by atoms with Crippen LogP contribution in [-0.2, 0) is 6.42 Å². The second kappa shape index (κ2) is 7.28. The molecule has 1 aromatic heterocycles. The number of carbonyl (C=O) groups is 1. The zero-order valence-corrected chi connectivity index (χ0v) is 14.4. The first-order valence-electron chi connectivity index (χ1n) is 6.16. The Labute approximate surface area is 146 Å². The fourth-order valence-electron chi connectivity index (χ4n) is 1.65. The first-order chi connectivity index (χ1) is 10.4. The zero-order valence-electron chi connectivity index (χ0n) is 11.4. The number of carbonyl (C=O) groups excluding carboxylic acids is 1. The van der Waals surface area contributed by atoms with Gasteiger partial charge in [-0.15, -0.1) is 0 Å². The van der Waals surface area contributed by atoms with E-state index in [1.165, 1.54) is 6.21 Å². The predicted octanol–water partition coefficient (Wildman–Crippen LogP) is 4.01. The van der Waals surface area contributed by atoms with E-state index in [1.54, 1.807) is 12.1 Å². The van der Waals surface area contributed by atoms with E-state index in [4.69, 9.17) is 40.5 Å². The van der Waals surface area contributed by atoms with Crippen LogP contribution >= 0.6 is 46.1 Å². The highest BCUT2D eigenvalue weighted by Crippen LogP contribution is 2.30. The largest absolute Gasteiger partial charge is 0.375 e. The molecule has 116 valence electrons. The van der Waals surface area contributed by atoms with Gasteiger partial charge in [-0.05, 0) is 18.6 Å². The third-order valence-electron chi connectivity index (χ3n) is 2.69. The quantitative estimate of drug-likeness (QED) is 0.480. The van der Waals surface area contributed by atoms with E-state index in [-0.39, 0.29) is 5.02 Å². The van der Waals surface area contributed by atoms with Crippen LogP contribution in [-0.4, -0.2) is 17.1 Å². The van der Waals surface area contributed by atoms with Crippen LogP contribution in [0.5, 0.6) is 0 Å². The number of hydrazone groups is 1. The number of hydrogen-bond acceptors (Lipinski definition) is 5. The van der Waals surface area contributed by atoms with Gasteiger partial charge in [0.15, 0.2) is 5.13 Å². The molecule has 9 heteroatoms. The van der Waals surface area contributed by atoms with Crippen LogP contribution in [0.2, 0.25) is 15.1 Å². The molecule has 0 aliphatic heterocycles. The molecule has 0 saturated carbocycles. The van der Waals surface area contributed by atoms with E-state index >= 15 is 0 Å². The van der Waals surface area contributed by atoms with E-state index in [1.807, 2.05) is 6.92 Å². The molecule has 0 unspecified atom stereocenters. The van der Waals surface area contributed by atoms with E-state index in [2.05, 4.69) is 15.5 Å². The van der Waals surface area contributed by atoms with Crippen molar-refractivity contribution in [3.05, 3.63) is 43.3 Å². The summed E-state index contributed by atoms with van der Waals surface area (Å²) >= 11 is 19.1. The number of nitrogens with zero attached hydrogens (tertiary/aromatic N) is 2. The maximum atomic E-state index is 12.1. The molecular weight excluding hydrogens is 367 g/mol. The maximum Gasteiger partial charge on any atom is 0.283 e. The first-order valence-corrected chi connectivity index (χ1v) is 8.11. The predicted molar refractivity (Wildman–Crippen MR) is 92.4 cm³/mol. The third kappa shape index (κ3) is 3.70. The van der Waals surface area contributed by atoms with Crippen molar-refractivity contribution in [1.82, 2.24) is 10.4 Å². The Kier molecular flexibility index (Phi) is 5.63. The highest BCUT2D eigenvalue weighted by atomic mass is 35.5. The minimum Gasteiger partial charge on any atom is -0.375 e. The average molecular weight is 378 g/mol. The molecule has 0 aliphatic carbocycles. The van der Waals surface area contributed by atoms with Crippen LogP contribution in [0.15, 0.2) is 17.2 Å². The number of hydrogen-bond donors (Lipinski definition) is 2. The monoisotopic (exact) mass is 376 g/mol. The van der Waals surface area contributed by atoms with E-state index < -0.39 is 5.91 Å². The Morgan fingerprint density at radius 3 is 2.77 bits per heavy atom. The summed E-state index contributed by atoms with van der Waals surface area (Å²) in [5, 5.41) is 5.19. The van der Waals surface area contributed by atoms with Crippen LogP contribution < -0.4 is 11.2 Å². The average Bonchev–Trinajstić information content (AvgIpc) is 2.87. The topological polar surface area (TPSA) is 80.4 Å². The van der Waals surface area contributed by atoms with Crippen LogP contribution in [0.1, 0.15) is 27.9 Å². The number of thiazole rings is 1. The van der Waals surface area contributed by atoms with Gasteiger partial charge in [-0.2, -0.15) is 5.10 Å². The molecule has 0 saturated heterocycles. The SMILES string of the molecule is CCc1nc(N)sc1C(=O)N/N=C\c1c(Cl)ccc(Cl)c1Cl. The van der Waals surface area contributed by atoms with Gasteiger partial charge in [0, 0.05) is 5.56 Å². The number of aryl methyl sites for hydroxylation is 1. The second-order valence-electron chi connectivity index (χ2n) is 4.14. The minimum atomic E-state index is -0.392. The molecule has 5 nitrogen and oxygen atoms in total. The Morgan fingerprint density at radius 1 is 1.41 bits per heavy atom. The van der Waals surface area contributed by atoms with Crippen LogP contribution in [0.3, 0.4) is 0 Å². The molecule has 2 rings (SSSR count). The fraction of sp³-hybridized carbons (Fsp3) is 0.154. The van der Waals surface area contributed by atoms with Crippen molar-refractivity contribution in [3.63, 3.8) is 0 Å². The number of nitrogens with two attached hydrogens (primary N) is 1. The smallest absolute Gasteiger partial charge is 0.283 e. The fourth-order valence-corrected chi connectivity index (χ4v) is 3.10. The lowest BCUT2D eigenvalue weighted by Gasteiger charge is -2.03. The number of nitrogens with one attached hydrogen (secondary N) is 1. The summed E-state index contributed by atoms with van der Waals surface area (Å²) in [6.07, 6.45) is 1.94. The van der Waals surface area contributed by atoms with Crippen LogP contribution in [0.4, 0.5) is 5.13 Å². The maximum absolute atomic E-state index is 12.1. The number of anilines is 1. The van der Waals surface area contributed by atoms with Crippen molar-refractivity contribution in [2.45, 2.75) is 13.3 Å². The van der Waals surface area contributed by atoms with Gasteiger partial charge in [-0.1, -0.05) is 53.1 Å². The molecule has 0 fully saturated rings. The Hall–Kier alpha value is -1.34. The summed E-state index contributed by atoms with van der Waals surface area (Å²) in [5.41, 5.74) is 9.06. The van der Waals surface area contributed by atoms with Gasteiger partial charge in [-0.25, -0.2) is 10.4 Å². The standard InChI is InChI=1S/C13H11Cl3N4OS/c1-2-9-11(22-13(17)19-9)12(21)20-18-5-6-7(14)3-4-8(15)10(6)16/h3-5H,2H2,1H3,(H2,17,19)(H,20,21)/b18-5-. The molecule has 0 aliphatic rings. The number of nitrogen functional groups attached to an aromatic ring is 1. The minimum absolute atomic E-state index is 0.267. The Bertz CT molecular complexity index is 745. The van der Waals surface area contributed by atoms with E-state index in [0.29, 0.717) is 37.7 Å². The molecule has 3 N–H and O–H groups in total. The number of aromatic nitrogens is 1. The molecule has 1 heterocycles. The Balaban J connectivity index is 2.16. The third-order valence-corrected chi connectivity index (χ3v) is 4.77. The summed E-state index contributed by atoms with van der Waals surface area (Å²) in [7, 11) is 0. The molecule has 1 amide bonds. The lowest BCUT2D eigenvalue weighted by Crippen LogP contribution is -2.17. The second-order valence-corrected chi connectivity index (χ2v) is 6.36. The van der Waals surface area contributed by atoms with Gasteiger partial charge in [0.2, 0.25) is 0 Å². The molecule has 0 spiro atoms. The Morgan fingerprint density at radius 2 is 2.09 bits per heavy atom. The molecule has 0 radical (unpaired) electrons. The van der Waals surface area contributed by atoms with Gasteiger partial charge >= 0.3 is 0 Å². The van der Waals surface area contributed by atoms with Crippen LogP contribution in [0, 0.1) is 0 Å². The van der Waals surface area contributed by atoms with Crippen LogP contribution in [0.25, 0.3) is 0 Å². The zero-order chi connectivity index (χ0) is 16.3. The molecule has 2 aromatic rings. The highest BCUT2D eigenvalue weighted by molar-refractivity contribution is 7.17. The number of amides is 1. The molecular formula is C13H11Cl3N4OS. The van der Waals surface area contributed by atoms with E-state index in [9.17, 15) is 4.79 Å². The number of halogens is 3. The van der Waals surface area contributed by atoms with Gasteiger partial charge in [0.25, 0.3) is 5.91 Å². The van der Waals surface area contributed by atoms with Gasteiger partial charge in [-0.3, -0.25) is 4.79 Å². The summed E-state index contributed by atoms with van der Waals surface area (Å²) < 4.78 is 0. The summed E-state index contributed by atoms with van der Waals surface area (Å²) in [6.45, 7) is 1.89. The van der Waals surface area contributed by atoms with Gasteiger partial charge in [0.1, 0.15) is 4.88 Å². The highest BCUT2D eigenvalue weighted by Gasteiger charge is 2.15. The lowest BCUT2D eigenvalue weighted by molar-refractivity contribution is 0.0958. The summed E-state index contributed by atoms with van der Waals surface area (Å²) in [4.78, 5) is 16.6. The lowest BCUT2D eigenvalue weighted by atomic mass is 10.2. The number of benzene rings is 1. The van der Waals surface area contributed by atoms with Gasteiger partial charge < -0.3 is 5.73 Å². The van der Waals surface area contributed by atoms with Crippen molar-refractivity contribution in [3.8, 4) is 0 Å².